The topological polar surface area (TPSA) is 41.6 Å². The molecule has 2 aliphatic heterocycles. The predicted molar refractivity (Wildman–Crippen MR) is 70.0 cm³/mol. The molecule has 4 nitrogen and oxygen atoms in total. The Bertz CT molecular complexity index is 461. The summed E-state index contributed by atoms with van der Waals surface area (Å²) in [5, 5.41) is 3.41. The Morgan fingerprint density at radius 1 is 1.50 bits per heavy atom. The van der Waals surface area contributed by atoms with Gasteiger partial charge in [0.1, 0.15) is 0 Å². The molecule has 1 aromatic rings. The summed E-state index contributed by atoms with van der Waals surface area (Å²) in [7, 11) is 0. The number of carbonyl (C=O) groups excluding carboxylic acids is 1. The van der Waals surface area contributed by atoms with E-state index in [0.29, 0.717) is 12.5 Å². The standard InChI is InChI=1S/C14H18N2O2/c1-2-18-14(17)16-12-6-4-3-5-10(12)11-9-15-8-7-13(11)16/h3-6,11,13,15H,2,7-9H2,1H3/t11-,13-/m0/s1. The molecule has 2 heterocycles. The van der Waals surface area contributed by atoms with Crippen molar-refractivity contribution in [1.82, 2.24) is 5.32 Å². The van der Waals surface area contributed by atoms with Crippen molar-refractivity contribution in [1.29, 1.82) is 0 Å². The van der Waals surface area contributed by atoms with Crippen LogP contribution in [0.2, 0.25) is 0 Å². The van der Waals surface area contributed by atoms with E-state index in [0.717, 1.165) is 25.2 Å². The molecule has 1 fully saturated rings. The van der Waals surface area contributed by atoms with E-state index in [-0.39, 0.29) is 12.1 Å². The third-order valence-electron chi connectivity index (χ3n) is 3.84. The van der Waals surface area contributed by atoms with Gasteiger partial charge < -0.3 is 10.1 Å². The van der Waals surface area contributed by atoms with Crippen LogP contribution in [0, 0.1) is 0 Å². The minimum Gasteiger partial charge on any atom is -0.449 e. The molecule has 0 aromatic heterocycles. The van der Waals surface area contributed by atoms with Crippen molar-refractivity contribution in [2.45, 2.75) is 25.3 Å². The minimum absolute atomic E-state index is 0.209. The lowest BCUT2D eigenvalue weighted by Crippen LogP contribution is -2.46. The maximum atomic E-state index is 12.1. The summed E-state index contributed by atoms with van der Waals surface area (Å²) in [6, 6.07) is 8.42. The summed E-state index contributed by atoms with van der Waals surface area (Å²) in [6.45, 7) is 4.18. The first-order valence-electron chi connectivity index (χ1n) is 6.58. The number of amides is 1. The van der Waals surface area contributed by atoms with Gasteiger partial charge in [0, 0.05) is 18.5 Å². The highest BCUT2D eigenvalue weighted by atomic mass is 16.6. The molecular formula is C14H18N2O2. The molecule has 1 saturated heterocycles. The van der Waals surface area contributed by atoms with Gasteiger partial charge in [-0.3, -0.25) is 4.90 Å². The molecule has 0 saturated carbocycles. The smallest absolute Gasteiger partial charge is 0.414 e. The maximum Gasteiger partial charge on any atom is 0.414 e. The highest BCUT2D eigenvalue weighted by Gasteiger charge is 2.43. The Hall–Kier alpha value is -1.55. The number of nitrogens with zero attached hydrogens (tertiary/aromatic N) is 1. The van der Waals surface area contributed by atoms with Crippen LogP contribution in [0.15, 0.2) is 24.3 Å². The predicted octanol–water partition coefficient (Wildman–Crippen LogP) is 2.11. The molecule has 4 heteroatoms. The van der Waals surface area contributed by atoms with E-state index in [2.05, 4.69) is 11.4 Å². The van der Waals surface area contributed by atoms with Crippen molar-refractivity contribution < 1.29 is 9.53 Å². The van der Waals surface area contributed by atoms with Crippen molar-refractivity contribution in [2.75, 3.05) is 24.6 Å². The fourth-order valence-electron chi connectivity index (χ4n) is 3.10. The van der Waals surface area contributed by atoms with Crippen molar-refractivity contribution >= 4 is 11.8 Å². The van der Waals surface area contributed by atoms with Gasteiger partial charge in [0.25, 0.3) is 0 Å². The van der Waals surface area contributed by atoms with E-state index in [4.69, 9.17) is 4.74 Å². The molecule has 1 N–H and O–H groups in total. The molecule has 1 amide bonds. The molecule has 0 unspecified atom stereocenters. The van der Waals surface area contributed by atoms with Crippen molar-refractivity contribution in [3.8, 4) is 0 Å². The first-order valence-corrected chi connectivity index (χ1v) is 6.58. The number of carbonyl (C=O) groups is 1. The number of ether oxygens (including phenoxy) is 1. The van der Waals surface area contributed by atoms with E-state index in [1.165, 1.54) is 5.56 Å². The number of fused-ring (bicyclic) bond motifs is 3. The van der Waals surface area contributed by atoms with Crippen molar-refractivity contribution in [2.24, 2.45) is 0 Å². The molecular weight excluding hydrogens is 228 g/mol. The number of piperidine rings is 1. The third kappa shape index (κ3) is 1.68. The average Bonchev–Trinajstić information content (AvgIpc) is 2.73. The van der Waals surface area contributed by atoms with Gasteiger partial charge >= 0.3 is 6.09 Å². The second kappa shape index (κ2) is 4.61. The van der Waals surface area contributed by atoms with Crippen LogP contribution in [0.3, 0.4) is 0 Å². The zero-order valence-electron chi connectivity index (χ0n) is 10.6. The molecule has 3 rings (SSSR count). The molecule has 0 bridgehead atoms. The fraction of sp³-hybridized carbons (Fsp3) is 0.500. The van der Waals surface area contributed by atoms with Gasteiger partial charge in [-0.15, -0.1) is 0 Å². The zero-order valence-corrected chi connectivity index (χ0v) is 10.6. The molecule has 2 atom stereocenters. The number of para-hydroxylation sites is 1. The second-order valence-corrected chi connectivity index (χ2v) is 4.79. The first-order chi connectivity index (χ1) is 8.83. The first kappa shape index (κ1) is 11.5. The van der Waals surface area contributed by atoms with Gasteiger partial charge in [-0.25, -0.2) is 4.79 Å². The van der Waals surface area contributed by atoms with Crippen LogP contribution in [0.5, 0.6) is 0 Å². The maximum absolute atomic E-state index is 12.1. The largest absolute Gasteiger partial charge is 0.449 e. The number of benzene rings is 1. The van der Waals surface area contributed by atoms with Crippen LogP contribution in [-0.2, 0) is 4.74 Å². The summed E-state index contributed by atoms with van der Waals surface area (Å²) >= 11 is 0. The summed E-state index contributed by atoms with van der Waals surface area (Å²) in [4.78, 5) is 14.0. The Balaban J connectivity index is 1.99. The Morgan fingerprint density at radius 3 is 3.17 bits per heavy atom. The van der Waals surface area contributed by atoms with Crippen LogP contribution in [0.4, 0.5) is 10.5 Å². The number of anilines is 1. The zero-order chi connectivity index (χ0) is 12.5. The molecule has 1 aromatic carbocycles. The van der Waals surface area contributed by atoms with Crippen LogP contribution < -0.4 is 10.2 Å². The van der Waals surface area contributed by atoms with Crippen LogP contribution in [0.25, 0.3) is 0 Å². The fourth-order valence-corrected chi connectivity index (χ4v) is 3.10. The summed E-state index contributed by atoms with van der Waals surface area (Å²) < 4.78 is 5.20. The molecule has 0 radical (unpaired) electrons. The lowest BCUT2D eigenvalue weighted by molar-refractivity contribution is 0.156. The molecule has 96 valence electrons. The Morgan fingerprint density at radius 2 is 2.33 bits per heavy atom. The highest BCUT2D eigenvalue weighted by Crippen LogP contribution is 2.43. The number of rotatable bonds is 1. The summed E-state index contributed by atoms with van der Waals surface area (Å²) in [5.74, 6) is 0.402. The quantitative estimate of drug-likeness (QED) is 0.825. The van der Waals surface area contributed by atoms with E-state index < -0.39 is 0 Å². The van der Waals surface area contributed by atoms with Gasteiger partial charge in [0.05, 0.1) is 12.3 Å². The normalized spacial score (nSPS) is 25.5. The Kier molecular flexibility index (Phi) is 2.96. The van der Waals surface area contributed by atoms with Gasteiger partial charge in [-0.1, -0.05) is 18.2 Å². The minimum atomic E-state index is -0.209. The number of hydrogen-bond donors (Lipinski definition) is 1. The van der Waals surface area contributed by atoms with Crippen molar-refractivity contribution in [3.63, 3.8) is 0 Å². The summed E-state index contributed by atoms with van der Waals surface area (Å²) in [6.07, 6.45) is 0.775. The second-order valence-electron chi connectivity index (χ2n) is 4.79. The lowest BCUT2D eigenvalue weighted by Gasteiger charge is -2.31. The van der Waals surface area contributed by atoms with E-state index in [9.17, 15) is 4.79 Å². The summed E-state index contributed by atoms with van der Waals surface area (Å²) in [5.41, 5.74) is 2.29. The van der Waals surface area contributed by atoms with Gasteiger partial charge in [-0.2, -0.15) is 0 Å². The van der Waals surface area contributed by atoms with E-state index in [1.54, 1.807) is 0 Å². The lowest BCUT2D eigenvalue weighted by atomic mass is 9.90. The number of hydrogen-bond acceptors (Lipinski definition) is 3. The SMILES string of the molecule is CCOC(=O)N1c2ccccc2[C@@H]2CNCC[C@@H]21. The van der Waals surface area contributed by atoms with Gasteiger partial charge in [0.15, 0.2) is 0 Å². The monoisotopic (exact) mass is 246 g/mol. The average molecular weight is 246 g/mol. The molecule has 0 aliphatic carbocycles. The van der Waals surface area contributed by atoms with Gasteiger partial charge in [0.2, 0.25) is 0 Å². The molecule has 0 spiro atoms. The molecule has 2 aliphatic rings. The van der Waals surface area contributed by atoms with Crippen molar-refractivity contribution in [3.05, 3.63) is 29.8 Å². The Labute approximate surface area is 107 Å². The van der Waals surface area contributed by atoms with E-state index >= 15 is 0 Å². The van der Waals surface area contributed by atoms with Crippen LogP contribution >= 0.6 is 0 Å². The van der Waals surface area contributed by atoms with Crippen LogP contribution in [0.1, 0.15) is 24.8 Å². The van der Waals surface area contributed by atoms with E-state index in [1.807, 2.05) is 30.0 Å². The van der Waals surface area contributed by atoms with Gasteiger partial charge in [-0.05, 0) is 31.5 Å². The molecule has 18 heavy (non-hydrogen) atoms. The van der Waals surface area contributed by atoms with Crippen LogP contribution in [-0.4, -0.2) is 31.8 Å². The number of nitrogens with one attached hydrogen (secondary N) is 1. The third-order valence-corrected chi connectivity index (χ3v) is 3.84. The highest BCUT2D eigenvalue weighted by molar-refractivity contribution is 5.92.